The van der Waals surface area contributed by atoms with Gasteiger partial charge in [-0.25, -0.2) is 5.01 Å². The van der Waals surface area contributed by atoms with E-state index in [4.69, 9.17) is 5.73 Å². The van der Waals surface area contributed by atoms with Crippen molar-refractivity contribution in [3.8, 4) is 0 Å². The van der Waals surface area contributed by atoms with Crippen LogP contribution in [0.4, 0.5) is 5.69 Å². The van der Waals surface area contributed by atoms with Gasteiger partial charge in [-0.15, -0.1) is 0 Å². The van der Waals surface area contributed by atoms with Gasteiger partial charge in [0.2, 0.25) is 0 Å². The van der Waals surface area contributed by atoms with Crippen LogP contribution in [-0.2, 0) is 0 Å². The maximum Gasteiger partial charge on any atom is 0.105 e. The first-order chi connectivity index (χ1) is 7.48. The molecule has 1 aromatic heterocycles. The minimum Gasteiger partial charge on any atom is -0.309 e. The molecule has 86 valence electrons. The first-order valence-electron chi connectivity index (χ1n) is 5.51. The predicted molar refractivity (Wildman–Crippen MR) is 66.2 cm³/mol. The van der Waals surface area contributed by atoms with E-state index in [1.165, 1.54) is 0 Å². The standard InChI is InChI=1S/C12H18N4/c1-12(2,3)10-8-11(13)16(15-10)9-4-6-14-7-5-9/h4-7,11H,8,13H2,1-3H3. The molecule has 1 unspecified atom stereocenters. The minimum absolute atomic E-state index is 0.0587. The van der Waals surface area contributed by atoms with E-state index in [9.17, 15) is 0 Å². The van der Waals surface area contributed by atoms with Crippen LogP contribution in [0.5, 0.6) is 0 Å². The Hall–Kier alpha value is -1.42. The molecule has 0 amide bonds. The number of hydrazone groups is 1. The van der Waals surface area contributed by atoms with Gasteiger partial charge in [-0.2, -0.15) is 5.10 Å². The van der Waals surface area contributed by atoms with Crippen molar-refractivity contribution in [3.05, 3.63) is 24.5 Å². The smallest absolute Gasteiger partial charge is 0.105 e. The molecule has 2 N–H and O–H groups in total. The lowest BCUT2D eigenvalue weighted by molar-refractivity contribution is 0.578. The van der Waals surface area contributed by atoms with Crippen molar-refractivity contribution in [2.45, 2.75) is 33.4 Å². The van der Waals surface area contributed by atoms with E-state index in [-0.39, 0.29) is 11.6 Å². The number of anilines is 1. The summed E-state index contributed by atoms with van der Waals surface area (Å²) in [6.45, 7) is 6.48. The lowest BCUT2D eigenvalue weighted by Gasteiger charge is -2.19. The molecule has 1 aliphatic rings. The van der Waals surface area contributed by atoms with Crippen LogP contribution in [0.3, 0.4) is 0 Å². The second kappa shape index (κ2) is 3.87. The van der Waals surface area contributed by atoms with Crippen molar-refractivity contribution in [3.63, 3.8) is 0 Å². The van der Waals surface area contributed by atoms with Crippen LogP contribution < -0.4 is 10.7 Å². The Morgan fingerprint density at radius 3 is 2.44 bits per heavy atom. The fourth-order valence-electron chi connectivity index (χ4n) is 1.73. The molecule has 0 saturated heterocycles. The van der Waals surface area contributed by atoms with Crippen LogP contribution in [0.25, 0.3) is 0 Å². The van der Waals surface area contributed by atoms with E-state index in [0.717, 1.165) is 17.8 Å². The zero-order chi connectivity index (χ0) is 11.8. The molecule has 1 aliphatic heterocycles. The molecule has 1 atom stereocenters. The Morgan fingerprint density at radius 1 is 1.31 bits per heavy atom. The highest BCUT2D eigenvalue weighted by Crippen LogP contribution is 2.28. The summed E-state index contributed by atoms with van der Waals surface area (Å²) >= 11 is 0. The van der Waals surface area contributed by atoms with Gasteiger partial charge in [0.1, 0.15) is 6.17 Å². The van der Waals surface area contributed by atoms with Crippen LogP contribution in [0.2, 0.25) is 0 Å². The Labute approximate surface area is 96.2 Å². The van der Waals surface area contributed by atoms with Crippen LogP contribution in [0, 0.1) is 5.41 Å². The van der Waals surface area contributed by atoms with E-state index in [1.54, 1.807) is 12.4 Å². The molecule has 0 saturated carbocycles. The van der Waals surface area contributed by atoms with Gasteiger partial charge >= 0.3 is 0 Å². The lowest BCUT2D eigenvalue weighted by Crippen LogP contribution is -2.35. The topological polar surface area (TPSA) is 54.5 Å². The molecular weight excluding hydrogens is 200 g/mol. The van der Waals surface area contributed by atoms with Crippen LogP contribution in [0.1, 0.15) is 27.2 Å². The van der Waals surface area contributed by atoms with Gasteiger partial charge in [-0.3, -0.25) is 4.98 Å². The number of nitrogens with two attached hydrogens (primary N) is 1. The molecule has 0 aromatic carbocycles. The Balaban J connectivity index is 2.28. The number of hydrogen-bond donors (Lipinski definition) is 1. The SMILES string of the molecule is CC(C)(C)C1=NN(c2ccncc2)C(N)C1. The maximum atomic E-state index is 6.09. The van der Waals surface area contributed by atoms with E-state index >= 15 is 0 Å². The summed E-state index contributed by atoms with van der Waals surface area (Å²) in [4.78, 5) is 3.99. The average Bonchev–Trinajstić information content (AvgIpc) is 2.61. The van der Waals surface area contributed by atoms with Gasteiger partial charge in [-0.05, 0) is 12.1 Å². The minimum atomic E-state index is -0.0587. The zero-order valence-corrected chi connectivity index (χ0v) is 10.0. The third-order valence-electron chi connectivity index (χ3n) is 2.74. The number of pyridine rings is 1. The third kappa shape index (κ3) is 2.07. The van der Waals surface area contributed by atoms with Crippen molar-refractivity contribution in [2.24, 2.45) is 16.3 Å². The monoisotopic (exact) mass is 218 g/mol. The Bertz CT molecular complexity index is 391. The molecule has 1 aromatic rings. The molecule has 0 fully saturated rings. The largest absolute Gasteiger partial charge is 0.309 e. The number of nitrogens with zero attached hydrogens (tertiary/aromatic N) is 3. The van der Waals surface area contributed by atoms with E-state index in [1.807, 2.05) is 17.1 Å². The van der Waals surface area contributed by atoms with Crippen molar-refractivity contribution in [2.75, 3.05) is 5.01 Å². The van der Waals surface area contributed by atoms with Gasteiger partial charge in [0.05, 0.1) is 5.69 Å². The molecule has 0 spiro atoms. The predicted octanol–water partition coefficient (Wildman–Crippen LogP) is 1.98. The second-order valence-corrected chi connectivity index (χ2v) is 5.12. The summed E-state index contributed by atoms with van der Waals surface area (Å²) in [5.41, 5.74) is 8.32. The Morgan fingerprint density at radius 2 is 1.94 bits per heavy atom. The van der Waals surface area contributed by atoms with Gasteiger partial charge in [0, 0.05) is 29.9 Å². The van der Waals surface area contributed by atoms with Crippen molar-refractivity contribution >= 4 is 11.4 Å². The number of hydrogen-bond acceptors (Lipinski definition) is 4. The van der Waals surface area contributed by atoms with Crippen molar-refractivity contribution < 1.29 is 0 Å². The van der Waals surface area contributed by atoms with Crippen LogP contribution in [0.15, 0.2) is 29.6 Å². The van der Waals surface area contributed by atoms with Crippen molar-refractivity contribution in [1.82, 2.24) is 4.98 Å². The fourth-order valence-corrected chi connectivity index (χ4v) is 1.73. The summed E-state index contributed by atoms with van der Waals surface area (Å²) in [6.07, 6.45) is 4.28. The molecular formula is C12H18N4. The van der Waals surface area contributed by atoms with Crippen LogP contribution >= 0.6 is 0 Å². The van der Waals surface area contributed by atoms with Gasteiger partial charge < -0.3 is 5.73 Å². The zero-order valence-electron chi connectivity index (χ0n) is 10.0. The summed E-state index contributed by atoms with van der Waals surface area (Å²) in [6, 6.07) is 3.85. The number of rotatable bonds is 1. The molecule has 16 heavy (non-hydrogen) atoms. The van der Waals surface area contributed by atoms with Gasteiger partial charge in [0.15, 0.2) is 0 Å². The molecule has 2 rings (SSSR count). The molecule has 4 nitrogen and oxygen atoms in total. The molecule has 4 heteroatoms. The molecule has 0 bridgehead atoms. The summed E-state index contributed by atoms with van der Waals surface area (Å²) in [7, 11) is 0. The quantitative estimate of drug-likeness (QED) is 0.784. The highest BCUT2D eigenvalue weighted by molar-refractivity contribution is 5.92. The fraction of sp³-hybridized carbons (Fsp3) is 0.500. The van der Waals surface area contributed by atoms with Crippen LogP contribution in [-0.4, -0.2) is 16.9 Å². The highest BCUT2D eigenvalue weighted by atomic mass is 15.5. The average molecular weight is 218 g/mol. The van der Waals surface area contributed by atoms with E-state index in [2.05, 4.69) is 30.9 Å². The molecule has 0 radical (unpaired) electrons. The summed E-state index contributed by atoms with van der Waals surface area (Å²) in [5, 5.41) is 6.49. The highest BCUT2D eigenvalue weighted by Gasteiger charge is 2.30. The third-order valence-corrected chi connectivity index (χ3v) is 2.74. The number of aromatic nitrogens is 1. The maximum absolute atomic E-state index is 6.09. The molecule has 0 aliphatic carbocycles. The molecule has 2 heterocycles. The summed E-state index contributed by atoms with van der Waals surface area (Å²) in [5.74, 6) is 0. The first-order valence-corrected chi connectivity index (χ1v) is 5.51. The van der Waals surface area contributed by atoms with E-state index < -0.39 is 0 Å². The van der Waals surface area contributed by atoms with E-state index in [0.29, 0.717) is 0 Å². The first kappa shape index (κ1) is 11.1. The Kier molecular flexibility index (Phi) is 2.68. The normalized spacial score (nSPS) is 21.1. The summed E-state index contributed by atoms with van der Waals surface area (Å²) < 4.78 is 0. The van der Waals surface area contributed by atoms with Gasteiger partial charge in [0.25, 0.3) is 0 Å². The lowest BCUT2D eigenvalue weighted by atomic mass is 9.88. The second-order valence-electron chi connectivity index (χ2n) is 5.12. The van der Waals surface area contributed by atoms with Gasteiger partial charge in [-0.1, -0.05) is 20.8 Å². The van der Waals surface area contributed by atoms with Crippen molar-refractivity contribution in [1.29, 1.82) is 0 Å².